The Morgan fingerprint density at radius 2 is 2.00 bits per heavy atom. The van der Waals surface area contributed by atoms with Crippen LogP contribution in [0.3, 0.4) is 0 Å². The first-order valence-corrected chi connectivity index (χ1v) is 13.3. The van der Waals surface area contributed by atoms with E-state index in [2.05, 4.69) is 21.7 Å². The summed E-state index contributed by atoms with van der Waals surface area (Å²) in [6.45, 7) is 6.62. The number of aliphatic hydroxyl groups excluding tert-OH is 1. The summed E-state index contributed by atoms with van der Waals surface area (Å²) in [5.41, 5.74) is 1.19. The maximum Gasteiger partial charge on any atom is 0.288 e. The summed E-state index contributed by atoms with van der Waals surface area (Å²) in [6, 6.07) is 2.73. The SMILES string of the molecule is CCOC1OC(C(=O)N2CCC(N3CCCCC3)CC2)=CC(c2ccsc2)C1CCCO. The Morgan fingerprint density at radius 3 is 2.66 bits per heavy atom. The van der Waals surface area contributed by atoms with Gasteiger partial charge in [-0.15, -0.1) is 0 Å². The van der Waals surface area contributed by atoms with E-state index in [1.54, 1.807) is 11.3 Å². The highest BCUT2D eigenvalue weighted by Gasteiger charge is 2.39. The zero-order valence-corrected chi connectivity index (χ0v) is 20.1. The molecule has 7 heteroatoms. The molecule has 0 bridgehead atoms. The van der Waals surface area contributed by atoms with Gasteiger partial charge in [0.05, 0.1) is 0 Å². The van der Waals surface area contributed by atoms with Crippen LogP contribution in [-0.4, -0.2) is 72.5 Å². The number of carbonyl (C=O) groups is 1. The first-order valence-electron chi connectivity index (χ1n) is 12.4. The number of rotatable bonds is 8. The van der Waals surface area contributed by atoms with Crippen molar-refractivity contribution in [1.29, 1.82) is 0 Å². The van der Waals surface area contributed by atoms with Crippen LogP contribution in [0.25, 0.3) is 0 Å². The van der Waals surface area contributed by atoms with Crippen molar-refractivity contribution in [3.8, 4) is 0 Å². The lowest BCUT2D eigenvalue weighted by atomic mass is 9.81. The lowest BCUT2D eigenvalue weighted by Crippen LogP contribution is -2.49. The van der Waals surface area contributed by atoms with Gasteiger partial charge in [0.15, 0.2) is 5.76 Å². The van der Waals surface area contributed by atoms with Crippen LogP contribution in [0.15, 0.2) is 28.7 Å². The minimum absolute atomic E-state index is 0.00682. The van der Waals surface area contributed by atoms with Gasteiger partial charge in [-0.25, -0.2) is 0 Å². The van der Waals surface area contributed by atoms with E-state index in [0.717, 1.165) is 32.4 Å². The molecular weight excluding hydrogens is 424 g/mol. The monoisotopic (exact) mass is 462 g/mol. The fourth-order valence-electron chi connectivity index (χ4n) is 5.48. The molecule has 1 aromatic heterocycles. The summed E-state index contributed by atoms with van der Waals surface area (Å²) < 4.78 is 12.1. The van der Waals surface area contributed by atoms with Gasteiger partial charge in [-0.2, -0.15) is 11.3 Å². The lowest BCUT2D eigenvalue weighted by molar-refractivity contribution is -0.170. The first-order chi connectivity index (χ1) is 15.7. The largest absolute Gasteiger partial charge is 0.459 e. The number of amides is 1. The Kier molecular flexibility index (Phi) is 8.63. The zero-order chi connectivity index (χ0) is 22.3. The van der Waals surface area contributed by atoms with Crippen LogP contribution < -0.4 is 0 Å². The standard InChI is InChI=1S/C25H38N2O4S/c1-2-30-25-21(7-6-15-28)22(19-10-16-32-18-19)17-23(31-25)24(29)27-13-8-20(9-14-27)26-11-4-3-5-12-26/h10,16-18,20-22,25,28H,2-9,11-15H2,1H3. The number of hydrogen-bond acceptors (Lipinski definition) is 6. The van der Waals surface area contributed by atoms with E-state index in [4.69, 9.17) is 9.47 Å². The van der Waals surface area contributed by atoms with Crippen LogP contribution in [0.1, 0.15) is 63.4 Å². The predicted octanol–water partition coefficient (Wildman–Crippen LogP) is 3.97. The van der Waals surface area contributed by atoms with Gasteiger partial charge in [-0.3, -0.25) is 4.79 Å². The lowest BCUT2D eigenvalue weighted by Gasteiger charge is -2.41. The van der Waals surface area contributed by atoms with Gasteiger partial charge in [0, 0.05) is 44.2 Å². The van der Waals surface area contributed by atoms with Crippen molar-refractivity contribution in [3.05, 3.63) is 34.2 Å². The Bertz CT molecular complexity index is 739. The van der Waals surface area contributed by atoms with Crippen molar-refractivity contribution >= 4 is 17.2 Å². The van der Waals surface area contributed by atoms with Crippen LogP contribution in [-0.2, 0) is 14.3 Å². The van der Waals surface area contributed by atoms with Gasteiger partial charge in [-0.1, -0.05) is 6.42 Å². The number of likely N-dealkylation sites (tertiary alicyclic amines) is 2. The molecule has 3 atom stereocenters. The average Bonchev–Trinajstić information content (AvgIpc) is 3.38. The number of thiophene rings is 1. The van der Waals surface area contributed by atoms with Gasteiger partial charge >= 0.3 is 0 Å². The summed E-state index contributed by atoms with van der Waals surface area (Å²) in [6.07, 6.45) is 9.08. The Morgan fingerprint density at radius 1 is 1.22 bits per heavy atom. The number of piperidine rings is 2. The van der Waals surface area contributed by atoms with Crippen molar-refractivity contribution < 1.29 is 19.4 Å². The Labute approximate surface area is 196 Å². The van der Waals surface area contributed by atoms with Crippen molar-refractivity contribution in [2.75, 3.05) is 39.4 Å². The molecule has 4 rings (SSSR count). The Hall–Kier alpha value is -1.41. The molecule has 2 saturated heterocycles. The molecule has 1 amide bonds. The van der Waals surface area contributed by atoms with E-state index in [0.29, 0.717) is 24.8 Å². The average molecular weight is 463 g/mol. The topological polar surface area (TPSA) is 62.2 Å². The van der Waals surface area contributed by atoms with Gasteiger partial charge < -0.3 is 24.4 Å². The maximum absolute atomic E-state index is 13.4. The van der Waals surface area contributed by atoms with Crippen LogP contribution >= 0.6 is 11.3 Å². The summed E-state index contributed by atoms with van der Waals surface area (Å²) in [4.78, 5) is 18.0. The van der Waals surface area contributed by atoms with E-state index in [9.17, 15) is 9.90 Å². The van der Waals surface area contributed by atoms with Crippen molar-refractivity contribution in [2.45, 2.75) is 70.1 Å². The van der Waals surface area contributed by atoms with Gasteiger partial charge in [0.1, 0.15) is 0 Å². The minimum atomic E-state index is -0.466. The van der Waals surface area contributed by atoms with Crippen LogP contribution in [0.5, 0.6) is 0 Å². The fraction of sp³-hybridized carbons (Fsp3) is 0.720. The molecule has 4 heterocycles. The number of aliphatic hydroxyl groups is 1. The number of nitrogens with zero attached hydrogens (tertiary/aromatic N) is 2. The molecule has 178 valence electrons. The molecule has 3 aliphatic heterocycles. The summed E-state index contributed by atoms with van der Waals surface area (Å²) in [7, 11) is 0. The predicted molar refractivity (Wildman–Crippen MR) is 126 cm³/mol. The second-order valence-corrected chi connectivity index (χ2v) is 9.98. The van der Waals surface area contributed by atoms with Gasteiger partial charge in [0.2, 0.25) is 6.29 Å². The highest BCUT2D eigenvalue weighted by Crippen LogP contribution is 2.40. The summed E-state index contributed by atoms with van der Waals surface area (Å²) in [5.74, 6) is 0.560. The molecule has 0 saturated carbocycles. The molecule has 3 aliphatic rings. The third-order valence-electron chi connectivity index (χ3n) is 7.21. The van der Waals surface area contributed by atoms with Crippen molar-refractivity contribution in [2.24, 2.45) is 5.92 Å². The van der Waals surface area contributed by atoms with E-state index >= 15 is 0 Å². The van der Waals surface area contributed by atoms with Crippen LogP contribution in [0.2, 0.25) is 0 Å². The number of ether oxygens (including phenoxy) is 2. The fourth-order valence-corrected chi connectivity index (χ4v) is 6.18. The zero-order valence-electron chi connectivity index (χ0n) is 19.3. The molecular formula is C25H38N2O4S. The molecule has 0 radical (unpaired) electrons. The number of hydrogen-bond donors (Lipinski definition) is 1. The highest BCUT2D eigenvalue weighted by atomic mass is 32.1. The number of carbonyl (C=O) groups excluding carboxylic acids is 1. The summed E-state index contributed by atoms with van der Waals surface area (Å²) in [5, 5.41) is 13.6. The molecule has 0 aliphatic carbocycles. The van der Waals surface area contributed by atoms with E-state index in [1.807, 2.05) is 17.9 Å². The quantitative estimate of drug-likeness (QED) is 0.633. The maximum atomic E-state index is 13.4. The van der Waals surface area contributed by atoms with E-state index in [1.165, 1.54) is 37.9 Å². The van der Waals surface area contributed by atoms with E-state index in [-0.39, 0.29) is 24.3 Å². The first kappa shape index (κ1) is 23.7. The van der Waals surface area contributed by atoms with Crippen LogP contribution in [0.4, 0.5) is 0 Å². The number of allylic oxidation sites excluding steroid dienone is 1. The second kappa shape index (κ2) is 11.6. The molecule has 2 fully saturated rings. The van der Waals surface area contributed by atoms with Crippen molar-refractivity contribution in [3.63, 3.8) is 0 Å². The van der Waals surface area contributed by atoms with Crippen LogP contribution in [0, 0.1) is 5.92 Å². The molecule has 1 N–H and O–H groups in total. The normalized spacial score (nSPS) is 27.8. The van der Waals surface area contributed by atoms with Gasteiger partial charge in [-0.05, 0) is 87.0 Å². The molecule has 6 nitrogen and oxygen atoms in total. The molecule has 0 aromatic carbocycles. The summed E-state index contributed by atoms with van der Waals surface area (Å²) >= 11 is 1.66. The molecule has 32 heavy (non-hydrogen) atoms. The molecule has 0 spiro atoms. The third-order valence-corrected chi connectivity index (χ3v) is 7.91. The molecule has 1 aromatic rings. The smallest absolute Gasteiger partial charge is 0.288 e. The highest BCUT2D eigenvalue weighted by molar-refractivity contribution is 7.08. The second-order valence-electron chi connectivity index (χ2n) is 9.20. The van der Waals surface area contributed by atoms with Crippen molar-refractivity contribution in [1.82, 2.24) is 9.80 Å². The van der Waals surface area contributed by atoms with Gasteiger partial charge in [0.25, 0.3) is 5.91 Å². The molecule has 3 unspecified atom stereocenters. The minimum Gasteiger partial charge on any atom is -0.459 e. The third kappa shape index (κ3) is 5.56. The van der Waals surface area contributed by atoms with E-state index < -0.39 is 6.29 Å². The Balaban J connectivity index is 1.47.